The van der Waals surface area contributed by atoms with E-state index in [1.54, 1.807) is 12.1 Å². The summed E-state index contributed by atoms with van der Waals surface area (Å²) in [6, 6.07) is 4.70. The highest BCUT2D eigenvalue weighted by atomic mass is 35.5. The second kappa shape index (κ2) is 5.81. The lowest BCUT2D eigenvalue weighted by Crippen LogP contribution is -2.48. The number of anilines is 1. The minimum atomic E-state index is -0.604. The summed E-state index contributed by atoms with van der Waals surface area (Å²) < 4.78 is 4.70. The van der Waals surface area contributed by atoms with Gasteiger partial charge in [-0.15, -0.1) is 0 Å². The predicted octanol–water partition coefficient (Wildman–Crippen LogP) is 2.21. The highest BCUT2D eigenvalue weighted by Crippen LogP contribution is 2.25. The Morgan fingerprint density at radius 1 is 1.45 bits per heavy atom. The Hall–Kier alpha value is -1.59. The summed E-state index contributed by atoms with van der Waals surface area (Å²) in [5, 5.41) is 6.36. The van der Waals surface area contributed by atoms with Gasteiger partial charge < -0.3 is 15.4 Å². The quantitative estimate of drug-likeness (QED) is 0.839. The summed E-state index contributed by atoms with van der Waals surface area (Å²) in [6.45, 7) is 2.66. The smallest absolute Gasteiger partial charge is 0.340 e. The van der Waals surface area contributed by atoms with Gasteiger partial charge >= 0.3 is 5.97 Å². The molecule has 1 aliphatic heterocycles. The molecule has 2 N–H and O–H groups in total. The van der Waals surface area contributed by atoms with Gasteiger partial charge in [0, 0.05) is 5.02 Å². The van der Waals surface area contributed by atoms with E-state index in [9.17, 15) is 9.59 Å². The van der Waals surface area contributed by atoms with E-state index in [0.717, 1.165) is 19.4 Å². The van der Waals surface area contributed by atoms with Gasteiger partial charge in [0.1, 0.15) is 0 Å². The van der Waals surface area contributed by atoms with Crippen molar-refractivity contribution in [2.24, 2.45) is 0 Å². The number of amides is 1. The molecule has 6 heteroatoms. The van der Waals surface area contributed by atoms with E-state index in [1.807, 2.05) is 6.92 Å². The van der Waals surface area contributed by atoms with Crippen molar-refractivity contribution in [1.82, 2.24) is 5.32 Å². The zero-order valence-corrected chi connectivity index (χ0v) is 12.2. The lowest BCUT2D eigenvalue weighted by molar-refractivity contribution is -0.121. The van der Waals surface area contributed by atoms with Gasteiger partial charge in [-0.1, -0.05) is 11.6 Å². The fraction of sp³-hybridized carbons (Fsp3) is 0.429. The van der Waals surface area contributed by atoms with Crippen molar-refractivity contribution in [2.45, 2.75) is 25.3 Å². The summed E-state index contributed by atoms with van der Waals surface area (Å²) in [6.07, 6.45) is 1.72. The fourth-order valence-corrected chi connectivity index (χ4v) is 2.43. The second-order valence-electron chi connectivity index (χ2n) is 5.00. The number of ether oxygens (including phenoxy) is 1. The Morgan fingerprint density at radius 3 is 2.80 bits per heavy atom. The molecule has 1 unspecified atom stereocenters. The lowest BCUT2D eigenvalue weighted by Gasteiger charge is -2.23. The van der Waals surface area contributed by atoms with Crippen molar-refractivity contribution >= 4 is 29.2 Å². The molecule has 1 aromatic rings. The van der Waals surface area contributed by atoms with Crippen molar-refractivity contribution < 1.29 is 14.3 Å². The number of carbonyl (C=O) groups excluding carboxylic acids is 2. The Bertz CT molecular complexity index is 539. The Labute approximate surface area is 122 Å². The number of rotatable bonds is 3. The third kappa shape index (κ3) is 2.94. The standard InChI is InChI=1S/C14H17ClN2O3/c1-14(6-3-7-16-14)13(19)17-11-5-4-9(15)8-10(11)12(18)20-2/h4-5,8,16H,3,6-7H2,1-2H3,(H,17,19). The van der Waals surface area contributed by atoms with Crippen molar-refractivity contribution in [1.29, 1.82) is 0 Å². The van der Waals surface area contributed by atoms with Crippen LogP contribution < -0.4 is 10.6 Å². The molecule has 1 atom stereocenters. The third-order valence-electron chi connectivity index (χ3n) is 3.50. The molecular weight excluding hydrogens is 280 g/mol. The average molecular weight is 297 g/mol. The van der Waals surface area contributed by atoms with Gasteiger partial charge in [-0.2, -0.15) is 0 Å². The maximum atomic E-state index is 12.3. The van der Waals surface area contributed by atoms with E-state index in [2.05, 4.69) is 10.6 Å². The van der Waals surface area contributed by atoms with Gasteiger partial charge in [-0.05, 0) is 44.5 Å². The van der Waals surface area contributed by atoms with E-state index in [1.165, 1.54) is 13.2 Å². The zero-order valence-electron chi connectivity index (χ0n) is 11.5. The van der Waals surface area contributed by atoms with Crippen LogP contribution in [0.25, 0.3) is 0 Å². The second-order valence-corrected chi connectivity index (χ2v) is 5.43. The Balaban J connectivity index is 2.25. The highest BCUT2D eigenvalue weighted by molar-refractivity contribution is 6.31. The van der Waals surface area contributed by atoms with Gasteiger partial charge in [0.25, 0.3) is 0 Å². The monoisotopic (exact) mass is 296 g/mol. The summed E-state index contributed by atoms with van der Waals surface area (Å²) in [4.78, 5) is 24.0. The molecule has 1 fully saturated rings. The van der Waals surface area contributed by atoms with Crippen LogP contribution in [0.5, 0.6) is 0 Å². The first-order chi connectivity index (χ1) is 9.46. The number of methoxy groups -OCH3 is 1. The molecule has 1 aliphatic rings. The van der Waals surface area contributed by atoms with Gasteiger partial charge in [0.2, 0.25) is 5.91 Å². The maximum Gasteiger partial charge on any atom is 0.340 e. The predicted molar refractivity (Wildman–Crippen MR) is 77.1 cm³/mol. The molecular formula is C14H17ClN2O3. The first-order valence-electron chi connectivity index (χ1n) is 6.40. The molecule has 1 heterocycles. The molecule has 0 bridgehead atoms. The van der Waals surface area contributed by atoms with Crippen LogP contribution in [0.2, 0.25) is 5.02 Å². The summed E-state index contributed by atoms with van der Waals surface area (Å²) in [7, 11) is 1.29. The summed E-state index contributed by atoms with van der Waals surface area (Å²) in [5.41, 5.74) is 0.0450. The largest absolute Gasteiger partial charge is 0.465 e. The fourth-order valence-electron chi connectivity index (χ4n) is 2.25. The molecule has 0 radical (unpaired) electrons. The zero-order chi connectivity index (χ0) is 14.8. The molecule has 108 valence electrons. The molecule has 0 saturated carbocycles. The van der Waals surface area contributed by atoms with Crippen molar-refractivity contribution in [3.8, 4) is 0 Å². The number of benzene rings is 1. The molecule has 0 spiro atoms. The number of hydrogen-bond acceptors (Lipinski definition) is 4. The van der Waals surface area contributed by atoms with E-state index in [4.69, 9.17) is 16.3 Å². The first kappa shape index (κ1) is 14.8. The van der Waals surface area contributed by atoms with Crippen LogP contribution in [0.1, 0.15) is 30.1 Å². The molecule has 1 saturated heterocycles. The molecule has 2 rings (SSSR count). The maximum absolute atomic E-state index is 12.3. The molecule has 1 amide bonds. The third-order valence-corrected chi connectivity index (χ3v) is 3.74. The van der Waals surface area contributed by atoms with E-state index < -0.39 is 11.5 Å². The lowest BCUT2D eigenvalue weighted by atomic mass is 9.99. The van der Waals surface area contributed by atoms with Gasteiger partial charge in [-0.25, -0.2) is 4.79 Å². The number of carbonyl (C=O) groups is 2. The topological polar surface area (TPSA) is 67.4 Å². The summed E-state index contributed by atoms with van der Waals surface area (Å²) in [5.74, 6) is -0.699. The van der Waals surface area contributed by atoms with Crippen LogP contribution in [-0.4, -0.2) is 31.1 Å². The van der Waals surface area contributed by atoms with Gasteiger partial charge in [0.05, 0.1) is 23.9 Å². The normalized spacial score (nSPS) is 21.6. The van der Waals surface area contributed by atoms with Crippen molar-refractivity contribution in [3.63, 3.8) is 0 Å². The van der Waals surface area contributed by atoms with Gasteiger partial charge in [0.15, 0.2) is 0 Å². The van der Waals surface area contributed by atoms with Crippen LogP contribution in [0.15, 0.2) is 18.2 Å². The number of halogens is 1. The van der Waals surface area contributed by atoms with Crippen molar-refractivity contribution in [3.05, 3.63) is 28.8 Å². The number of nitrogens with one attached hydrogen (secondary N) is 2. The van der Waals surface area contributed by atoms with Crippen molar-refractivity contribution in [2.75, 3.05) is 19.0 Å². The van der Waals surface area contributed by atoms with E-state index in [-0.39, 0.29) is 11.5 Å². The average Bonchev–Trinajstić information content (AvgIpc) is 2.88. The van der Waals surface area contributed by atoms with E-state index in [0.29, 0.717) is 10.7 Å². The number of esters is 1. The first-order valence-corrected chi connectivity index (χ1v) is 6.78. The molecule has 20 heavy (non-hydrogen) atoms. The highest BCUT2D eigenvalue weighted by Gasteiger charge is 2.36. The van der Waals surface area contributed by atoms with Crippen LogP contribution in [0.3, 0.4) is 0 Å². The molecule has 1 aromatic carbocycles. The molecule has 0 aromatic heterocycles. The Kier molecular flexibility index (Phi) is 4.30. The van der Waals surface area contributed by atoms with Crippen LogP contribution in [0.4, 0.5) is 5.69 Å². The van der Waals surface area contributed by atoms with Crippen LogP contribution in [0, 0.1) is 0 Å². The molecule has 5 nitrogen and oxygen atoms in total. The van der Waals surface area contributed by atoms with Gasteiger partial charge in [-0.3, -0.25) is 4.79 Å². The minimum absolute atomic E-state index is 0.164. The Morgan fingerprint density at radius 2 is 2.20 bits per heavy atom. The summed E-state index contributed by atoms with van der Waals surface area (Å²) >= 11 is 5.88. The SMILES string of the molecule is COC(=O)c1cc(Cl)ccc1NC(=O)C1(C)CCCN1. The van der Waals surface area contributed by atoms with Crippen LogP contribution in [-0.2, 0) is 9.53 Å². The van der Waals surface area contributed by atoms with E-state index >= 15 is 0 Å². The van der Waals surface area contributed by atoms with Crippen LogP contribution >= 0.6 is 11.6 Å². The molecule has 0 aliphatic carbocycles. The number of hydrogen-bond donors (Lipinski definition) is 2. The minimum Gasteiger partial charge on any atom is -0.465 e.